The van der Waals surface area contributed by atoms with Crippen LogP contribution in [0.4, 0.5) is 0 Å². The molecule has 0 unspecified atom stereocenters. The van der Waals surface area contributed by atoms with Gasteiger partial charge in [-0.2, -0.15) is 0 Å². The number of nitrogens with zero attached hydrogens (tertiary/aromatic N) is 2. The Hall–Kier alpha value is -1.51. The molecule has 0 atom stereocenters. The van der Waals surface area contributed by atoms with Gasteiger partial charge in [-0.15, -0.1) is 0 Å². The van der Waals surface area contributed by atoms with Gasteiger partial charge >= 0.3 is 0 Å². The molecule has 14 heavy (non-hydrogen) atoms. The molecule has 3 heteroatoms. The van der Waals surface area contributed by atoms with Crippen molar-refractivity contribution in [2.75, 3.05) is 0 Å². The van der Waals surface area contributed by atoms with Crippen LogP contribution in [0.3, 0.4) is 0 Å². The van der Waals surface area contributed by atoms with Crippen LogP contribution in [0.15, 0.2) is 24.8 Å². The molecule has 0 spiro atoms. The first kappa shape index (κ1) is 9.06. The Kier molecular flexibility index (Phi) is 2.68. The van der Waals surface area contributed by atoms with Gasteiger partial charge in [0.1, 0.15) is 6.33 Å². The topological polar surface area (TPSA) is 42.9 Å². The van der Waals surface area contributed by atoms with Gasteiger partial charge in [0.25, 0.3) is 0 Å². The van der Waals surface area contributed by atoms with Crippen molar-refractivity contribution in [2.24, 2.45) is 0 Å². The smallest absolute Gasteiger partial charge is 0.155 e. The fraction of sp³-hybridized carbons (Fsp3) is 0.364. The molecule has 1 aromatic rings. The first-order chi connectivity index (χ1) is 6.86. The largest absolute Gasteiger partial charge is 0.295 e. The number of carbonyl (C=O) groups excluding carboxylic acids is 1. The van der Waals surface area contributed by atoms with Gasteiger partial charge in [-0.05, 0) is 30.9 Å². The maximum atomic E-state index is 11.3. The molecule has 1 aliphatic carbocycles. The normalized spacial score (nSPS) is 17.4. The Labute approximate surface area is 82.9 Å². The van der Waals surface area contributed by atoms with Crippen molar-refractivity contribution in [3.8, 4) is 0 Å². The van der Waals surface area contributed by atoms with Gasteiger partial charge in [0.2, 0.25) is 0 Å². The fourth-order valence-corrected chi connectivity index (χ4v) is 1.65. The Morgan fingerprint density at radius 3 is 2.57 bits per heavy atom. The molecule has 0 radical (unpaired) electrons. The first-order valence-electron chi connectivity index (χ1n) is 4.85. The monoisotopic (exact) mass is 188 g/mol. The summed E-state index contributed by atoms with van der Waals surface area (Å²) in [6.45, 7) is 0. The van der Waals surface area contributed by atoms with E-state index in [1.54, 1.807) is 18.5 Å². The molecule has 0 aliphatic heterocycles. The number of aromatic nitrogens is 2. The average molecular weight is 188 g/mol. The first-order valence-corrected chi connectivity index (χ1v) is 4.85. The summed E-state index contributed by atoms with van der Waals surface area (Å²) >= 11 is 0. The summed E-state index contributed by atoms with van der Waals surface area (Å²) in [5, 5.41) is 0. The second-order valence-corrected chi connectivity index (χ2v) is 3.47. The molecule has 2 rings (SSSR count). The van der Waals surface area contributed by atoms with Crippen LogP contribution < -0.4 is 0 Å². The van der Waals surface area contributed by atoms with Crippen molar-refractivity contribution in [2.45, 2.75) is 25.7 Å². The quantitative estimate of drug-likeness (QED) is 0.677. The maximum absolute atomic E-state index is 11.3. The molecule has 1 heterocycles. The lowest BCUT2D eigenvalue weighted by Gasteiger charge is -2.02. The minimum atomic E-state index is 0.223. The van der Waals surface area contributed by atoms with Gasteiger partial charge in [0, 0.05) is 24.4 Å². The lowest BCUT2D eigenvalue weighted by atomic mass is 10.0. The van der Waals surface area contributed by atoms with Crippen LogP contribution in [-0.4, -0.2) is 15.8 Å². The Bertz CT molecular complexity index is 357. The third-order valence-electron chi connectivity index (χ3n) is 2.39. The predicted octanol–water partition coefficient (Wildman–Crippen LogP) is 2.00. The van der Waals surface area contributed by atoms with Crippen LogP contribution >= 0.6 is 0 Å². The molecule has 0 amide bonds. The summed E-state index contributed by atoms with van der Waals surface area (Å²) in [5.74, 6) is 0.223. The highest BCUT2D eigenvalue weighted by Crippen LogP contribution is 2.23. The van der Waals surface area contributed by atoms with Gasteiger partial charge in [-0.25, -0.2) is 9.97 Å². The molecular formula is C11H12N2O. The number of allylic oxidation sites excluding steroid dienone is 2. The van der Waals surface area contributed by atoms with Crippen molar-refractivity contribution in [1.29, 1.82) is 0 Å². The average Bonchev–Trinajstić information content (AvgIpc) is 2.44. The molecule has 0 saturated carbocycles. The summed E-state index contributed by atoms with van der Waals surface area (Å²) < 4.78 is 0. The van der Waals surface area contributed by atoms with E-state index in [2.05, 4.69) is 9.97 Å². The molecule has 0 fully saturated rings. The standard InChI is InChI=1S/C11H12N2O/c14-11-4-2-1-3-9(5-11)10-6-12-8-13-7-10/h5-8H,1-4H2. The Morgan fingerprint density at radius 1 is 1.07 bits per heavy atom. The van der Waals surface area contributed by atoms with Crippen LogP contribution in [0.25, 0.3) is 5.57 Å². The van der Waals surface area contributed by atoms with Crippen LogP contribution in [0.2, 0.25) is 0 Å². The highest BCUT2D eigenvalue weighted by molar-refractivity contribution is 5.97. The zero-order valence-corrected chi connectivity index (χ0v) is 7.94. The molecule has 1 aromatic heterocycles. The van der Waals surface area contributed by atoms with Gasteiger partial charge in [0.15, 0.2) is 5.78 Å². The predicted molar refractivity (Wildman–Crippen MR) is 53.5 cm³/mol. The number of carbonyl (C=O) groups is 1. The van der Waals surface area contributed by atoms with E-state index in [0.29, 0.717) is 6.42 Å². The lowest BCUT2D eigenvalue weighted by Crippen LogP contribution is -1.91. The van der Waals surface area contributed by atoms with Crippen molar-refractivity contribution in [3.63, 3.8) is 0 Å². The van der Waals surface area contributed by atoms with Crippen LogP contribution in [0.5, 0.6) is 0 Å². The van der Waals surface area contributed by atoms with Crippen LogP contribution in [0.1, 0.15) is 31.2 Å². The van der Waals surface area contributed by atoms with E-state index in [0.717, 1.165) is 30.4 Å². The Balaban J connectivity index is 2.28. The van der Waals surface area contributed by atoms with Crippen molar-refractivity contribution in [3.05, 3.63) is 30.4 Å². The molecule has 72 valence electrons. The summed E-state index contributed by atoms with van der Waals surface area (Å²) in [6.07, 6.45) is 10.5. The third kappa shape index (κ3) is 2.05. The molecule has 1 aliphatic rings. The van der Waals surface area contributed by atoms with E-state index in [1.807, 2.05) is 0 Å². The zero-order chi connectivity index (χ0) is 9.80. The fourth-order valence-electron chi connectivity index (χ4n) is 1.65. The molecule has 0 saturated heterocycles. The molecule has 0 aromatic carbocycles. The minimum absolute atomic E-state index is 0.223. The highest BCUT2D eigenvalue weighted by atomic mass is 16.1. The number of ketones is 1. The van der Waals surface area contributed by atoms with Gasteiger partial charge in [-0.1, -0.05) is 0 Å². The van der Waals surface area contributed by atoms with Crippen molar-refractivity contribution < 1.29 is 4.79 Å². The molecule has 0 bridgehead atoms. The third-order valence-corrected chi connectivity index (χ3v) is 2.39. The van der Waals surface area contributed by atoms with Crippen LogP contribution in [-0.2, 0) is 4.79 Å². The maximum Gasteiger partial charge on any atom is 0.155 e. The van der Waals surface area contributed by atoms with E-state index in [-0.39, 0.29) is 5.78 Å². The van der Waals surface area contributed by atoms with Gasteiger partial charge in [-0.3, -0.25) is 4.79 Å². The van der Waals surface area contributed by atoms with E-state index >= 15 is 0 Å². The summed E-state index contributed by atoms with van der Waals surface area (Å²) in [4.78, 5) is 19.3. The molecular weight excluding hydrogens is 176 g/mol. The molecule has 0 N–H and O–H groups in total. The van der Waals surface area contributed by atoms with Gasteiger partial charge in [0.05, 0.1) is 0 Å². The number of hydrogen-bond acceptors (Lipinski definition) is 3. The minimum Gasteiger partial charge on any atom is -0.295 e. The summed E-state index contributed by atoms with van der Waals surface area (Å²) in [5.41, 5.74) is 2.05. The lowest BCUT2D eigenvalue weighted by molar-refractivity contribution is -0.114. The zero-order valence-electron chi connectivity index (χ0n) is 7.94. The van der Waals surface area contributed by atoms with Crippen molar-refractivity contribution in [1.82, 2.24) is 9.97 Å². The van der Waals surface area contributed by atoms with Crippen LogP contribution in [0, 0.1) is 0 Å². The van der Waals surface area contributed by atoms with E-state index < -0.39 is 0 Å². The van der Waals surface area contributed by atoms with E-state index in [1.165, 1.54) is 6.33 Å². The number of rotatable bonds is 1. The second-order valence-electron chi connectivity index (χ2n) is 3.47. The Morgan fingerprint density at radius 2 is 1.79 bits per heavy atom. The van der Waals surface area contributed by atoms with E-state index in [9.17, 15) is 4.79 Å². The number of hydrogen-bond donors (Lipinski definition) is 0. The molecule has 3 nitrogen and oxygen atoms in total. The van der Waals surface area contributed by atoms with Gasteiger partial charge < -0.3 is 0 Å². The summed E-state index contributed by atoms with van der Waals surface area (Å²) in [7, 11) is 0. The van der Waals surface area contributed by atoms with E-state index in [4.69, 9.17) is 0 Å². The highest BCUT2D eigenvalue weighted by Gasteiger charge is 2.09. The summed E-state index contributed by atoms with van der Waals surface area (Å²) in [6, 6.07) is 0. The second kappa shape index (κ2) is 4.13. The SMILES string of the molecule is O=C1C=C(c2cncnc2)CCCC1. The van der Waals surface area contributed by atoms with Crippen molar-refractivity contribution >= 4 is 11.4 Å².